The fraction of sp³-hybridized carbons (Fsp3) is 0.769. The van der Waals surface area contributed by atoms with E-state index in [1.165, 1.54) is 11.8 Å². The highest BCUT2D eigenvalue weighted by molar-refractivity contribution is 8.14. The predicted octanol–water partition coefficient (Wildman–Crippen LogP) is 3.09. The number of hydrogen-bond acceptors (Lipinski definition) is 3. The van der Waals surface area contributed by atoms with Crippen LogP contribution in [0, 0.1) is 0 Å². The van der Waals surface area contributed by atoms with Crippen LogP contribution < -0.4 is 5.32 Å². The standard InChI is InChI=1S/C13H23NO2S/c1-13(2,3)17-12(16)14-10-8-6-4-5-7-9-11(10)15/h7,9-11,15H,4-6,8H2,1-3H3,(H,14,16)/b9-7+/t10-,11?/m1/s1. The number of allylic oxidation sites excluding steroid dienone is 1. The van der Waals surface area contributed by atoms with E-state index in [-0.39, 0.29) is 16.0 Å². The van der Waals surface area contributed by atoms with Crippen LogP contribution in [0.3, 0.4) is 0 Å². The molecular formula is C13H23NO2S. The van der Waals surface area contributed by atoms with Gasteiger partial charge in [-0.3, -0.25) is 4.79 Å². The molecule has 0 radical (unpaired) electrons. The number of nitrogens with one attached hydrogen (secondary N) is 1. The third-order valence-corrected chi connectivity index (χ3v) is 3.50. The minimum atomic E-state index is -0.556. The van der Waals surface area contributed by atoms with Crippen LogP contribution in [0.25, 0.3) is 0 Å². The lowest BCUT2D eigenvalue weighted by Crippen LogP contribution is -2.42. The maximum absolute atomic E-state index is 11.8. The van der Waals surface area contributed by atoms with Gasteiger partial charge in [-0.1, -0.05) is 51.1 Å². The molecule has 0 spiro atoms. The number of carbonyl (C=O) groups excluding carboxylic acids is 1. The summed E-state index contributed by atoms with van der Waals surface area (Å²) in [7, 11) is 0. The topological polar surface area (TPSA) is 49.3 Å². The van der Waals surface area contributed by atoms with E-state index in [1.807, 2.05) is 26.8 Å². The summed E-state index contributed by atoms with van der Waals surface area (Å²) in [6.07, 6.45) is 7.29. The molecule has 1 aliphatic carbocycles. The molecule has 0 bridgehead atoms. The number of hydrogen-bond donors (Lipinski definition) is 2. The molecule has 2 atom stereocenters. The number of aliphatic hydroxyl groups is 1. The van der Waals surface area contributed by atoms with Gasteiger partial charge in [0.1, 0.15) is 0 Å². The predicted molar refractivity (Wildman–Crippen MR) is 73.3 cm³/mol. The van der Waals surface area contributed by atoms with E-state index in [0.717, 1.165) is 25.7 Å². The van der Waals surface area contributed by atoms with Crippen molar-refractivity contribution in [2.45, 2.75) is 63.3 Å². The van der Waals surface area contributed by atoms with Crippen LogP contribution >= 0.6 is 11.8 Å². The van der Waals surface area contributed by atoms with Crippen LogP contribution in [0.4, 0.5) is 4.79 Å². The lowest BCUT2D eigenvalue weighted by molar-refractivity contribution is 0.166. The van der Waals surface area contributed by atoms with Gasteiger partial charge in [-0.2, -0.15) is 0 Å². The second-order valence-electron chi connectivity index (χ2n) is 5.46. The molecule has 1 aliphatic rings. The zero-order valence-corrected chi connectivity index (χ0v) is 11.7. The number of amides is 1. The summed E-state index contributed by atoms with van der Waals surface area (Å²) in [6.45, 7) is 6.02. The van der Waals surface area contributed by atoms with Crippen LogP contribution in [0.5, 0.6) is 0 Å². The first kappa shape index (κ1) is 14.6. The molecule has 0 aromatic heterocycles. The summed E-state index contributed by atoms with van der Waals surface area (Å²) >= 11 is 1.28. The van der Waals surface area contributed by atoms with Crippen LogP contribution in [-0.4, -0.2) is 27.2 Å². The van der Waals surface area contributed by atoms with Gasteiger partial charge in [0.05, 0.1) is 12.1 Å². The molecule has 0 saturated heterocycles. The van der Waals surface area contributed by atoms with Gasteiger partial charge in [0.25, 0.3) is 5.24 Å². The minimum absolute atomic E-state index is 0.0458. The lowest BCUT2D eigenvalue weighted by Gasteiger charge is -2.25. The van der Waals surface area contributed by atoms with Gasteiger partial charge in [-0.05, 0) is 19.3 Å². The minimum Gasteiger partial charge on any atom is -0.387 e. The molecule has 1 unspecified atom stereocenters. The van der Waals surface area contributed by atoms with E-state index in [9.17, 15) is 9.90 Å². The van der Waals surface area contributed by atoms with Crippen molar-refractivity contribution in [3.8, 4) is 0 Å². The smallest absolute Gasteiger partial charge is 0.279 e. The quantitative estimate of drug-likeness (QED) is 0.710. The van der Waals surface area contributed by atoms with Crippen LogP contribution in [0.15, 0.2) is 12.2 Å². The van der Waals surface area contributed by atoms with Crippen molar-refractivity contribution in [1.82, 2.24) is 5.32 Å². The SMILES string of the molecule is CC(C)(C)SC(=O)N[C@@H]1CCCC/C=C/C1O. The molecule has 0 aliphatic heterocycles. The van der Waals surface area contributed by atoms with Crippen molar-refractivity contribution in [3.05, 3.63) is 12.2 Å². The fourth-order valence-electron chi connectivity index (χ4n) is 1.78. The molecule has 0 fully saturated rings. The van der Waals surface area contributed by atoms with Gasteiger partial charge in [0.2, 0.25) is 0 Å². The summed E-state index contributed by atoms with van der Waals surface area (Å²) in [4.78, 5) is 11.8. The first-order valence-corrected chi connectivity index (χ1v) is 7.04. The van der Waals surface area contributed by atoms with Crippen molar-refractivity contribution in [1.29, 1.82) is 0 Å². The Labute approximate surface area is 108 Å². The summed E-state index contributed by atoms with van der Waals surface area (Å²) in [5, 5.41) is 12.8. The van der Waals surface area contributed by atoms with Gasteiger partial charge >= 0.3 is 0 Å². The Morgan fingerprint density at radius 2 is 2.12 bits per heavy atom. The Hall–Kier alpha value is -0.480. The Morgan fingerprint density at radius 1 is 1.41 bits per heavy atom. The monoisotopic (exact) mass is 257 g/mol. The molecule has 0 aromatic carbocycles. The second kappa shape index (κ2) is 6.45. The van der Waals surface area contributed by atoms with Crippen LogP contribution in [0.2, 0.25) is 0 Å². The van der Waals surface area contributed by atoms with E-state index >= 15 is 0 Å². The normalized spacial score (nSPS) is 28.0. The molecule has 0 aromatic rings. The molecular weight excluding hydrogens is 234 g/mol. The largest absolute Gasteiger partial charge is 0.387 e. The van der Waals surface area contributed by atoms with E-state index in [0.29, 0.717) is 0 Å². The number of rotatable bonds is 1. The average molecular weight is 257 g/mol. The zero-order chi connectivity index (χ0) is 12.9. The highest BCUT2D eigenvalue weighted by Crippen LogP contribution is 2.24. The summed E-state index contributed by atoms with van der Waals surface area (Å²) < 4.78 is -0.0908. The maximum atomic E-state index is 11.8. The molecule has 0 heterocycles. The third kappa shape index (κ3) is 6.13. The first-order valence-electron chi connectivity index (χ1n) is 6.23. The molecule has 3 nitrogen and oxygen atoms in total. The molecule has 1 rings (SSSR count). The first-order chi connectivity index (χ1) is 7.88. The molecule has 2 N–H and O–H groups in total. The van der Waals surface area contributed by atoms with Crippen molar-refractivity contribution in [2.24, 2.45) is 0 Å². The Bertz CT molecular complexity index is 284. The van der Waals surface area contributed by atoms with E-state index in [1.54, 1.807) is 6.08 Å². The average Bonchev–Trinajstić information content (AvgIpc) is 2.15. The summed E-state index contributed by atoms with van der Waals surface area (Å²) in [6, 6.07) is -0.145. The fourth-order valence-corrected chi connectivity index (χ4v) is 2.55. The molecule has 4 heteroatoms. The van der Waals surface area contributed by atoms with Crippen molar-refractivity contribution < 1.29 is 9.90 Å². The van der Waals surface area contributed by atoms with Gasteiger partial charge in [-0.15, -0.1) is 0 Å². The molecule has 98 valence electrons. The highest BCUT2D eigenvalue weighted by Gasteiger charge is 2.23. The van der Waals surface area contributed by atoms with Crippen LogP contribution in [-0.2, 0) is 0 Å². The van der Waals surface area contributed by atoms with Crippen molar-refractivity contribution in [2.75, 3.05) is 0 Å². The maximum Gasteiger partial charge on any atom is 0.279 e. The number of carbonyl (C=O) groups is 1. The van der Waals surface area contributed by atoms with Gasteiger partial charge in [0, 0.05) is 4.75 Å². The molecule has 1 amide bonds. The van der Waals surface area contributed by atoms with Crippen molar-refractivity contribution >= 4 is 17.0 Å². The van der Waals surface area contributed by atoms with Crippen molar-refractivity contribution in [3.63, 3.8) is 0 Å². The highest BCUT2D eigenvalue weighted by atomic mass is 32.2. The third-order valence-electron chi connectivity index (χ3n) is 2.58. The van der Waals surface area contributed by atoms with Gasteiger partial charge in [0.15, 0.2) is 0 Å². The Balaban J connectivity index is 2.50. The van der Waals surface area contributed by atoms with Gasteiger partial charge < -0.3 is 10.4 Å². The van der Waals surface area contributed by atoms with E-state index < -0.39 is 6.10 Å². The van der Waals surface area contributed by atoms with E-state index in [2.05, 4.69) is 5.32 Å². The number of thioether (sulfide) groups is 1. The second-order valence-corrected chi connectivity index (χ2v) is 7.26. The number of aliphatic hydroxyl groups excluding tert-OH is 1. The summed E-state index contributed by atoms with van der Waals surface area (Å²) in [5.41, 5.74) is 0. The summed E-state index contributed by atoms with van der Waals surface area (Å²) in [5.74, 6) is 0. The Morgan fingerprint density at radius 3 is 2.76 bits per heavy atom. The molecule has 17 heavy (non-hydrogen) atoms. The Kier molecular flexibility index (Phi) is 5.53. The molecule has 0 saturated carbocycles. The van der Waals surface area contributed by atoms with Gasteiger partial charge in [-0.25, -0.2) is 0 Å². The van der Waals surface area contributed by atoms with E-state index in [4.69, 9.17) is 0 Å². The van der Waals surface area contributed by atoms with Crippen LogP contribution in [0.1, 0.15) is 46.5 Å². The lowest BCUT2D eigenvalue weighted by atomic mass is 9.99. The zero-order valence-electron chi connectivity index (χ0n) is 10.9.